The molecule has 2 aromatic rings. The summed E-state index contributed by atoms with van der Waals surface area (Å²) < 4.78 is 93.4. The van der Waals surface area contributed by atoms with E-state index in [1.165, 1.54) is 23.6 Å². The number of piperidine rings is 1. The SMILES string of the molecule is CS(=O)(=O)Cc1ccc(OCC2=CS(=O)C(C3CCN(c4ccc(C(F)(F)F)cn4)CC3)=N2)c(F)c1. The van der Waals surface area contributed by atoms with Gasteiger partial charge in [-0.25, -0.2) is 27.0 Å². The summed E-state index contributed by atoms with van der Waals surface area (Å²) in [6.07, 6.45) is -1.36. The van der Waals surface area contributed by atoms with Crippen LogP contribution >= 0.6 is 0 Å². The number of pyridine rings is 1. The van der Waals surface area contributed by atoms with Gasteiger partial charge >= 0.3 is 6.18 Å². The first-order chi connectivity index (χ1) is 16.9. The van der Waals surface area contributed by atoms with Crippen molar-refractivity contribution >= 4 is 31.5 Å². The highest BCUT2D eigenvalue weighted by Crippen LogP contribution is 2.31. The van der Waals surface area contributed by atoms with Crippen LogP contribution in [0.25, 0.3) is 0 Å². The van der Waals surface area contributed by atoms with Crippen molar-refractivity contribution in [2.45, 2.75) is 24.8 Å². The Morgan fingerprint density at radius 1 is 1.17 bits per heavy atom. The molecule has 0 saturated carbocycles. The topological polar surface area (TPSA) is 88.9 Å². The molecule has 1 aromatic heterocycles. The molecule has 1 aromatic carbocycles. The lowest BCUT2D eigenvalue weighted by Crippen LogP contribution is -2.37. The second-order valence-corrected chi connectivity index (χ2v) is 12.0. The summed E-state index contributed by atoms with van der Waals surface area (Å²) in [7, 11) is -4.74. The molecule has 1 unspecified atom stereocenters. The number of sulfone groups is 1. The molecule has 0 bridgehead atoms. The van der Waals surface area contributed by atoms with Crippen molar-refractivity contribution in [1.82, 2.24) is 4.98 Å². The fraction of sp³-hybridized carbons (Fsp3) is 0.391. The van der Waals surface area contributed by atoms with Gasteiger partial charge in [0.1, 0.15) is 17.5 Å². The monoisotopic (exact) mass is 545 g/mol. The van der Waals surface area contributed by atoms with Crippen LogP contribution in [0.5, 0.6) is 5.75 Å². The third-order valence-electron chi connectivity index (χ3n) is 5.75. The van der Waals surface area contributed by atoms with Crippen molar-refractivity contribution < 1.29 is 34.9 Å². The molecule has 0 N–H and O–H groups in total. The van der Waals surface area contributed by atoms with E-state index in [2.05, 4.69) is 9.98 Å². The quantitative estimate of drug-likeness (QED) is 0.488. The summed E-state index contributed by atoms with van der Waals surface area (Å²) in [4.78, 5) is 10.2. The minimum atomic E-state index is -4.44. The van der Waals surface area contributed by atoms with Gasteiger partial charge < -0.3 is 9.64 Å². The van der Waals surface area contributed by atoms with Gasteiger partial charge in [-0.15, -0.1) is 0 Å². The number of rotatable bonds is 7. The molecular formula is C23H23F4N3O4S2. The Hall–Kier alpha value is -2.80. The maximum absolute atomic E-state index is 14.3. The average molecular weight is 546 g/mol. The number of hydrogen-bond acceptors (Lipinski definition) is 7. The highest BCUT2D eigenvalue weighted by Gasteiger charge is 2.32. The highest BCUT2D eigenvalue weighted by atomic mass is 32.2. The largest absolute Gasteiger partial charge is 0.484 e. The zero-order valence-corrected chi connectivity index (χ0v) is 20.8. The van der Waals surface area contributed by atoms with Crippen LogP contribution in [0, 0.1) is 11.7 Å². The third kappa shape index (κ3) is 6.49. The molecule has 2 aliphatic heterocycles. The van der Waals surface area contributed by atoms with Crippen molar-refractivity contribution in [1.29, 1.82) is 0 Å². The lowest BCUT2D eigenvalue weighted by molar-refractivity contribution is -0.137. The van der Waals surface area contributed by atoms with E-state index in [0.29, 0.717) is 48.1 Å². The van der Waals surface area contributed by atoms with Crippen LogP contribution in [0.4, 0.5) is 23.4 Å². The minimum absolute atomic E-state index is 0.0695. The predicted molar refractivity (Wildman–Crippen MR) is 128 cm³/mol. The van der Waals surface area contributed by atoms with Gasteiger partial charge in [0.05, 0.1) is 27.8 Å². The second-order valence-electron chi connectivity index (χ2n) is 8.64. The molecule has 36 heavy (non-hydrogen) atoms. The molecule has 0 radical (unpaired) electrons. The number of aromatic nitrogens is 1. The van der Waals surface area contributed by atoms with Gasteiger partial charge in [0.15, 0.2) is 21.4 Å². The van der Waals surface area contributed by atoms with E-state index < -0.39 is 38.2 Å². The summed E-state index contributed by atoms with van der Waals surface area (Å²) in [6, 6.07) is 6.26. The molecule has 1 saturated heterocycles. The molecule has 1 fully saturated rings. The number of anilines is 1. The van der Waals surface area contributed by atoms with Gasteiger partial charge in [-0.05, 0) is 42.7 Å². The van der Waals surface area contributed by atoms with Crippen LogP contribution in [0.3, 0.4) is 0 Å². The summed E-state index contributed by atoms with van der Waals surface area (Å²) in [5, 5.41) is 1.95. The standard InChI is InChI=1S/C23H23F4N3O4S2/c1-36(32,33)14-15-2-4-20(19(24)10-15)34-12-18-13-35(31)22(29-18)16-6-8-30(9-7-16)21-5-3-17(11-28-21)23(25,26)27/h2-5,10-11,13,16H,6-9,12,14H2,1H3. The Bertz CT molecular complexity index is 1320. The van der Waals surface area contributed by atoms with E-state index in [9.17, 15) is 30.2 Å². The van der Waals surface area contributed by atoms with Crippen LogP contribution in [-0.4, -0.2) is 48.6 Å². The van der Waals surface area contributed by atoms with Gasteiger partial charge in [0.2, 0.25) is 0 Å². The van der Waals surface area contributed by atoms with Gasteiger partial charge in [-0.2, -0.15) is 13.2 Å². The van der Waals surface area contributed by atoms with Crippen LogP contribution < -0.4 is 9.64 Å². The Labute approximate surface area is 208 Å². The maximum atomic E-state index is 14.3. The zero-order chi connectivity index (χ0) is 26.1. The third-order valence-corrected chi connectivity index (χ3v) is 7.93. The Morgan fingerprint density at radius 3 is 2.47 bits per heavy atom. The number of halogens is 4. The number of aliphatic imine (C=N–C) groups is 1. The molecule has 0 amide bonds. The van der Waals surface area contributed by atoms with Crippen molar-refractivity contribution in [3.8, 4) is 5.75 Å². The number of hydrogen-bond donors (Lipinski definition) is 0. The van der Waals surface area contributed by atoms with Crippen LogP contribution in [0.2, 0.25) is 0 Å². The summed E-state index contributed by atoms with van der Waals surface area (Å²) in [5.41, 5.74) is -0.0983. The normalized spacial score (nSPS) is 19.2. The Morgan fingerprint density at radius 2 is 1.89 bits per heavy atom. The van der Waals surface area contributed by atoms with Gasteiger partial charge in [-0.1, -0.05) is 6.07 Å². The Balaban J connectivity index is 1.32. The van der Waals surface area contributed by atoms with Gasteiger partial charge in [-0.3, -0.25) is 0 Å². The highest BCUT2D eigenvalue weighted by molar-refractivity contribution is 8.03. The fourth-order valence-corrected chi connectivity index (χ4v) is 6.07. The smallest absolute Gasteiger partial charge is 0.417 e. The molecule has 3 heterocycles. The summed E-state index contributed by atoms with van der Waals surface area (Å²) >= 11 is 0. The first-order valence-corrected chi connectivity index (χ1v) is 14.2. The molecule has 4 rings (SSSR count). The van der Waals surface area contributed by atoms with Crippen molar-refractivity contribution in [3.63, 3.8) is 0 Å². The van der Waals surface area contributed by atoms with E-state index in [-0.39, 0.29) is 24.0 Å². The fourth-order valence-electron chi connectivity index (χ4n) is 4.02. The molecule has 0 aliphatic carbocycles. The Kier molecular flexibility index (Phi) is 7.51. The van der Waals surface area contributed by atoms with E-state index in [1.807, 2.05) is 4.90 Å². The van der Waals surface area contributed by atoms with Gasteiger partial charge in [0, 0.05) is 36.9 Å². The average Bonchev–Trinajstić information content (AvgIpc) is 3.17. The first-order valence-electron chi connectivity index (χ1n) is 11.0. The van der Waals surface area contributed by atoms with E-state index >= 15 is 0 Å². The lowest BCUT2D eigenvalue weighted by atomic mass is 9.98. The molecule has 13 heteroatoms. The molecular weight excluding hydrogens is 522 g/mol. The molecule has 1 atom stereocenters. The van der Waals surface area contributed by atoms with Crippen molar-refractivity contribution in [3.05, 3.63) is 64.6 Å². The van der Waals surface area contributed by atoms with Crippen LogP contribution in [0.1, 0.15) is 24.0 Å². The second kappa shape index (κ2) is 10.3. The molecule has 7 nitrogen and oxygen atoms in total. The lowest BCUT2D eigenvalue weighted by Gasteiger charge is -2.32. The number of benzene rings is 1. The van der Waals surface area contributed by atoms with Crippen molar-refractivity contribution in [2.75, 3.05) is 30.9 Å². The molecule has 194 valence electrons. The van der Waals surface area contributed by atoms with E-state index in [4.69, 9.17) is 4.74 Å². The van der Waals surface area contributed by atoms with E-state index in [1.54, 1.807) is 0 Å². The maximum Gasteiger partial charge on any atom is 0.417 e. The predicted octanol–water partition coefficient (Wildman–Crippen LogP) is 4.08. The molecule has 2 aliphatic rings. The number of nitrogens with zero attached hydrogens (tertiary/aromatic N) is 3. The first kappa shape index (κ1) is 26.3. The van der Waals surface area contributed by atoms with Crippen LogP contribution in [-0.2, 0) is 32.6 Å². The summed E-state index contributed by atoms with van der Waals surface area (Å²) in [6.45, 7) is 0.943. The number of alkyl halides is 3. The number of ether oxygens (including phenoxy) is 1. The van der Waals surface area contributed by atoms with Crippen molar-refractivity contribution in [2.24, 2.45) is 10.9 Å². The van der Waals surface area contributed by atoms with Crippen LogP contribution in [0.15, 0.2) is 52.6 Å². The molecule has 0 spiro atoms. The summed E-state index contributed by atoms with van der Waals surface area (Å²) in [5.74, 6) is -0.676. The zero-order valence-electron chi connectivity index (χ0n) is 19.2. The minimum Gasteiger partial charge on any atom is -0.484 e. The van der Waals surface area contributed by atoms with E-state index in [0.717, 1.165) is 24.6 Å². The van der Waals surface area contributed by atoms with Gasteiger partial charge in [0.25, 0.3) is 0 Å².